The maximum absolute atomic E-state index is 10.0. The molecule has 6 nitrogen and oxygen atoms in total. The average molecular weight is 365 g/mol. The number of aromatic nitrogens is 2. The van der Waals surface area contributed by atoms with Crippen molar-refractivity contribution in [3.63, 3.8) is 0 Å². The number of hydrogen-bond acceptors (Lipinski definition) is 6. The molecular formula is C19H19N5OS. The van der Waals surface area contributed by atoms with Gasteiger partial charge in [0.1, 0.15) is 0 Å². The van der Waals surface area contributed by atoms with Crippen LogP contribution < -0.4 is 0 Å². The summed E-state index contributed by atoms with van der Waals surface area (Å²) in [4.78, 5) is 3.15. The number of H-pyrrole nitrogens is 1. The Balaban J connectivity index is 1.92. The van der Waals surface area contributed by atoms with Crippen LogP contribution in [0.3, 0.4) is 0 Å². The molecule has 1 atom stereocenters. The summed E-state index contributed by atoms with van der Waals surface area (Å²) in [6, 6.07) is 6.83. The summed E-state index contributed by atoms with van der Waals surface area (Å²) < 4.78 is 6.69. The Bertz CT molecular complexity index is 969. The van der Waals surface area contributed by atoms with Crippen LogP contribution in [0.2, 0.25) is 0 Å². The van der Waals surface area contributed by atoms with Crippen molar-refractivity contribution >= 4 is 21.6 Å². The second-order valence-electron chi connectivity index (χ2n) is 6.98. The molecule has 4 rings (SSSR count). The van der Waals surface area contributed by atoms with Gasteiger partial charge in [-0.1, -0.05) is 13.8 Å². The van der Waals surface area contributed by atoms with E-state index in [-0.39, 0.29) is 5.92 Å². The van der Waals surface area contributed by atoms with Crippen LogP contribution in [0, 0.1) is 28.6 Å². The molecule has 0 aromatic carbocycles. The van der Waals surface area contributed by atoms with Gasteiger partial charge in [0.2, 0.25) is 0 Å². The predicted molar refractivity (Wildman–Crippen MR) is 99.0 cm³/mol. The van der Waals surface area contributed by atoms with Gasteiger partial charge in [-0.25, -0.2) is 0 Å². The van der Waals surface area contributed by atoms with E-state index in [9.17, 15) is 10.5 Å². The second-order valence-corrected chi connectivity index (χ2v) is 8.09. The average Bonchev–Trinajstić information content (AvgIpc) is 3.22. The molecule has 2 aliphatic rings. The lowest BCUT2D eigenvalue weighted by Crippen LogP contribution is -2.39. The molecule has 26 heavy (non-hydrogen) atoms. The van der Waals surface area contributed by atoms with Gasteiger partial charge in [0.05, 0.1) is 64.5 Å². The molecular weight excluding hydrogens is 346 g/mol. The molecule has 0 amide bonds. The van der Waals surface area contributed by atoms with Crippen molar-refractivity contribution in [3.8, 4) is 12.1 Å². The van der Waals surface area contributed by atoms with Crippen LogP contribution in [-0.2, 0) is 4.74 Å². The second kappa shape index (κ2) is 6.60. The highest BCUT2D eigenvalue weighted by atomic mass is 32.1. The third-order valence-corrected chi connectivity index (χ3v) is 5.96. The van der Waals surface area contributed by atoms with E-state index in [0.717, 1.165) is 32.9 Å². The van der Waals surface area contributed by atoms with Crippen molar-refractivity contribution in [2.24, 2.45) is 5.92 Å². The van der Waals surface area contributed by atoms with Gasteiger partial charge in [-0.15, -0.1) is 11.3 Å². The third kappa shape index (κ3) is 2.61. The molecule has 0 spiro atoms. The largest absolute Gasteiger partial charge is 0.373 e. The number of ether oxygens (including phenoxy) is 1. The predicted octanol–water partition coefficient (Wildman–Crippen LogP) is 3.66. The molecule has 1 fully saturated rings. The molecule has 2 aromatic rings. The smallest absolute Gasteiger partial charge is 0.0977 e. The molecule has 132 valence electrons. The minimum absolute atomic E-state index is 0.322. The maximum atomic E-state index is 10.0. The lowest BCUT2D eigenvalue weighted by Gasteiger charge is -2.40. The monoisotopic (exact) mass is 365 g/mol. The van der Waals surface area contributed by atoms with Gasteiger partial charge in [0.15, 0.2) is 0 Å². The van der Waals surface area contributed by atoms with Crippen LogP contribution in [0.4, 0.5) is 0 Å². The highest BCUT2D eigenvalue weighted by molar-refractivity contribution is 7.19. The zero-order chi connectivity index (χ0) is 18.3. The number of rotatable bonds is 3. The number of fused-ring (bicyclic) bond motifs is 2. The standard InChI is InChI=1S/C19H19N5OS/c1-11(2)5-15-12(7-20)19(17-6-14-18(26-17)9-22-23-14)13(8-21)16-10-25-4-3-24(15)16/h6,9,11,19H,3-5,10H2,1-2H3,(H,22,23). The summed E-state index contributed by atoms with van der Waals surface area (Å²) >= 11 is 1.59. The van der Waals surface area contributed by atoms with Crippen LogP contribution in [0.5, 0.6) is 0 Å². The van der Waals surface area contributed by atoms with E-state index >= 15 is 0 Å². The summed E-state index contributed by atoms with van der Waals surface area (Å²) in [5, 5.41) is 27.0. The van der Waals surface area contributed by atoms with Crippen LogP contribution in [0.25, 0.3) is 10.2 Å². The van der Waals surface area contributed by atoms with Gasteiger partial charge in [-0.2, -0.15) is 15.6 Å². The Hall–Kier alpha value is -2.61. The number of nitrogens with one attached hydrogen (secondary N) is 1. The number of aromatic amines is 1. The van der Waals surface area contributed by atoms with Gasteiger partial charge in [-0.3, -0.25) is 5.10 Å². The highest BCUT2D eigenvalue weighted by Crippen LogP contribution is 2.46. The van der Waals surface area contributed by atoms with E-state index in [1.165, 1.54) is 0 Å². The van der Waals surface area contributed by atoms with Crippen molar-refractivity contribution < 1.29 is 4.74 Å². The van der Waals surface area contributed by atoms with Crippen molar-refractivity contribution in [3.05, 3.63) is 39.7 Å². The molecule has 0 saturated carbocycles. The molecule has 4 heterocycles. The number of nitriles is 2. The zero-order valence-corrected chi connectivity index (χ0v) is 15.6. The van der Waals surface area contributed by atoms with Crippen molar-refractivity contribution in [2.75, 3.05) is 19.8 Å². The first kappa shape index (κ1) is 16.8. The van der Waals surface area contributed by atoms with E-state index < -0.39 is 0 Å². The maximum Gasteiger partial charge on any atom is 0.0977 e. The van der Waals surface area contributed by atoms with Gasteiger partial charge >= 0.3 is 0 Å². The minimum Gasteiger partial charge on any atom is -0.373 e. The first-order valence-electron chi connectivity index (χ1n) is 8.68. The first-order valence-corrected chi connectivity index (χ1v) is 9.50. The molecule has 0 radical (unpaired) electrons. The summed E-state index contributed by atoms with van der Waals surface area (Å²) in [6.45, 7) is 6.03. The molecule has 1 unspecified atom stereocenters. The summed E-state index contributed by atoms with van der Waals surface area (Å²) in [7, 11) is 0. The fourth-order valence-corrected chi connectivity index (χ4v) is 4.85. The number of allylic oxidation sites excluding steroid dienone is 3. The summed E-state index contributed by atoms with van der Waals surface area (Å²) in [5.41, 5.74) is 4.22. The van der Waals surface area contributed by atoms with Crippen LogP contribution in [0.1, 0.15) is 31.1 Å². The Kier molecular flexibility index (Phi) is 4.28. The normalized spacial score (nSPS) is 20.5. The number of nitrogens with zero attached hydrogens (tertiary/aromatic N) is 4. The van der Waals surface area contributed by atoms with Gasteiger partial charge in [0, 0.05) is 17.1 Å². The Morgan fingerprint density at radius 1 is 1.38 bits per heavy atom. The van der Waals surface area contributed by atoms with Crippen LogP contribution in [-0.4, -0.2) is 34.9 Å². The van der Waals surface area contributed by atoms with Gasteiger partial charge in [-0.05, 0) is 18.4 Å². The molecule has 7 heteroatoms. The van der Waals surface area contributed by atoms with E-state index in [2.05, 4.69) is 41.1 Å². The Morgan fingerprint density at radius 2 is 2.19 bits per heavy atom. The molecule has 0 bridgehead atoms. The lowest BCUT2D eigenvalue weighted by atomic mass is 9.82. The van der Waals surface area contributed by atoms with E-state index in [1.54, 1.807) is 17.5 Å². The quantitative estimate of drug-likeness (QED) is 0.897. The highest BCUT2D eigenvalue weighted by Gasteiger charge is 2.38. The third-order valence-electron chi connectivity index (χ3n) is 4.82. The van der Waals surface area contributed by atoms with E-state index in [4.69, 9.17) is 4.74 Å². The summed E-state index contributed by atoms with van der Waals surface area (Å²) in [6.07, 6.45) is 2.60. The Labute approximate surface area is 156 Å². The fourth-order valence-electron chi connectivity index (χ4n) is 3.74. The topological polar surface area (TPSA) is 88.7 Å². The first-order chi connectivity index (χ1) is 12.6. The number of thiophene rings is 1. The molecule has 1 N–H and O–H groups in total. The van der Waals surface area contributed by atoms with Crippen LogP contribution in [0.15, 0.2) is 34.8 Å². The molecule has 2 aliphatic heterocycles. The number of morpholine rings is 1. The minimum atomic E-state index is -0.322. The van der Waals surface area contributed by atoms with Gasteiger partial charge < -0.3 is 9.64 Å². The lowest BCUT2D eigenvalue weighted by molar-refractivity contribution is 0.0811. The van der Waals surface area contributed by atoms with E-state index in [0.29, 0.717) is 36.8 Å². The number of hydrogen-bond donors (Lipinski definition) is 1. The van der Waals surface area contributed by atoms with Crippen molar-refractivity contribution in [1.29, 1.82) is 10.5 Å². The molecule has 1 saturated heterocycles. The Morgan fingerprint density at radius 3 is 2.88 bits per heavy atom. The SMILES string of the molecule is CC(C)CC1=C(C#N)C(c2cc3[nH]ncc3s2)C(C#N)=C2COCCN21. The van der Waals surface area contributed by atoms with E-state index in [1.807, 2.05) is 6.07 Å². The molecule has 2 aromatic heterocycles. The zero-order valence-electron chi connectivity index (χ0n) is 14.7. The van der Waals surface area contributed by atoms with Gasteiger partial charge in [0.25, 0.3) is 0 Å². The summed E-state index contributed by atoms with van der Waals surface area (Å²) in [5.74, 6) is 0.0985. The van der Waals surface area contributed by atoms with Crippen molar-refractivity contribution in [1.82, 2.24) is 15.1 Å². The van der Waals surface area contributed by atoms with Crippen LogP contribution >= 0.6 is 11.3 Å². The van der Waals surface area contributed by atoms with Crippen molar-refractivity contribution in [2.45, 2.75) is 26.2 Å². The fraction of sp³-hybridized carbons (Fsp3) is 0.421. The molecule has 0 aliphatic carbocycles.